The first-order valence-electron chi connectivity index (χ1n) is 3.88. The Hall–Kier alpha value is -1.79. The average molecular weight is 174 g/mol. The highest BCUT2D eigenvalue weighted by Gasteiger charge is 1.94. The number of amides is 1. The van der Waals surface area contributed by atoms with Crippen LogP contribution in [0.5, 0.6) is 0 Å². The molecular weight excluding hydrogens is 164 g/mol. The normalized spacial score (nSPS) is 8.38. The van der Waals surface area contributed by atoms with Crippen molar-refractivity contribution in [2.24, 2.45) is 5.73 Å². The first kappa shape index (κ1) is 9.30. The molecule has 0 fully saturated rings. The van der Waals surface area contributed by atoms with Gasteiger partial charge < -0.3 is 11.1 Å². The number of para-hydroxylation sites is 1. The fourth-order valence-electron chi connectivity index (χ4n) is 0.815. The first-order valence-corrected chi connectivity index (χ1v) is 3.88. The predicted octanol–water partition coefficient (Wildman–Crippen LogP) is 0.587. The molecule has 0 atom stereocenters. The second-order valence-electron chi connectivity index (χ2n) is 2.33. The lowest BCUT2D eigenvalue weighted by molar-refractivity contribution is -0.111. The number of rotatable bonds is 1. The molecule has 0 unspecified atom stereocenters. The predicted molar refractivity (Wildman–Crippen MR) is 51.9 cm³/mol. The second-order valence-corrected chi connectivity index (χ2v) is 2.33. The van der Waals surface area contributed by atoms with Crippen LogP contribution in [0.1, 0.15) is 0 Å². The summed E-state index contributed by atoms with van der Waals surface area (Å²) in [5.74, 6) is 4.50. The molecule has 66 valence electrons. The fourth-order valence-corrected chi connectivity index (χ4v) is 0.815. The molecule has 1 aromatic carbocycles. The Kier molecular flexibility index (Phi) is 3.55. The molecule has 1 amide bonds. The van der Waals surface area contributed by atoms with Crippen LogP contribution >= 0.6 is 0 Å². The van der Waals surface area contributed by atoms with Crippen LogP contribution in [0.25, 0.3) is 0 Å². The fraction of sp³-hybridized carbons (Fsp3) is 0.100. The molecule has 0 heterocycles. The minimum atomic E-state index is -0.336. The van der Waals surface area contributed by atoms with Crippen LogP contribution < -0.4 is 11.1 Å². The zero-order chi connectivity index (χ0) is 9.52. The summed E-state index contributed by atoms with van der Waals surface area (Å²) in [6, 6.07) is 9.14. The molecule has 1 rings (SSSR count). The van der Waals surface area contributed by atoms with Crippen molar-refractivity contribution in [3.05, 3.63) is 30.3 Å². The van der Waals surface area contributed by atoms with E-state index in [0.29, 0.717) is 0 Å². The van der Waals surface area contributed by atoms with E-state index in [2.05, 4.69) is 17.2 Å². The van der Waals surface area contributed by atoms with E-state index in [9.17, 15) is 4.79 Å². The number of nitrogens with two attached hydrogens (primary N) is 1. The smallest absolute Gasteiger partial charge is 0.300 e. The maximum absolute atomic E-state index is 11.0. The summed E-state index contributed by atoms with van der Waals surface area (Å²) in [4.78, 5) is 11.0. The van der Waals surface area contributed by atoms with Gasteiger partial charge in [-0.3, -0.25) is 4.79 Å². The summed E-state index contributed by atoms with van der Waals surface area (Å²) >= 11 is 0. The lowest BCUT2D eigenvalue weighted by Gasteiger charge is -1.97. The highest BCUT2D eigenvalue weighted by Crippen LogP contribution is 2.03. The largest absolute Gasteiger partial charge is 0.320 e. The second kappa shape index (κ2) is 4.96. The van der Waals surface area contributed by atoms with Crippen molar-refractivity contribution >= 4 is 11.6 Å². The van der Waals surface area contributed by atoms with Gasteiger partial charge in [0, 0.05) is 5.69 Å². The first-order chi connectivity index (χ1) is 6.33. The average Bonchev–Trinajstić information content (AvgIpc) is 2.16. The van der Waals surface area contributed by atoms with Crippen molar-refractivity contribution in [2.75, 3.05) is 11.9 Å². The summed E-state index contributed by atoms with van der Waals surface area (Å²) in [6.07, 6.45) is 0. The van der Waals surface area contributed by atoms with Crippen LogP contribution in [0.2, 0.25) is 0 Å². The molecule has 13 heavy (non-hydrogen) atoms. The van der Waals surface area contributed by atoms with Crippen LogP contribution in [0.4, 0.5) is 5.69 Å². The summed E-state index contributed by atoms with van der Waals surface area (Å²) in [5, 5.41) is 2.61. The van der Waals surface area contributed by atoms with Crippen molar-refractivity contribution in [3.8, 4) is 11.8 Å². The zero-order valence-corrected chi connectivity index (χ0v) is 7.08. The Bertz CT molecular complexity index is 335. The van der Waals surface area contributed by atoms with Gasteiger partial charge >= 0.3 is 0 Å². The van der Waals surface area contributed by atoms with Gasteiger partial charge in [-0.05, 0) is 18.1 Å². The van der Waals surface area contributed by atoms with Crippen LogP contribution in [0.3, 0.4) is 0 Å². The zero-order valence-electron chi connectivity index (χ0n) is 7.08. The molecule has 0 bridgehead atoms. The maximum Gasteiger partial charge on any atom is 0.300 e. The van der Waals surface area contributed by atoms with Crippen LogP contribution in [-0.2, 0) is 4.79 Å². The minimum absolute atomic E-state index is 0.197. The minimum Gasteiger partial charge on any atom is -0.320 e. The van der Waals surface area contributed by atoms with E-state index < -0.39 is 0 Å². The van der Waals surface area contributed by atoms with E-state index in [4.69, 9.17) is 5.73 Å². The standard InChI is InChI=1S/C10H10N2O/c11-8-4-7-10(13)12-9-5-2-1-3-6-9/h1-3,5-6H,8,11H2,(H,12,13). The lowest BCUT2D eigenvalue weighted by atomic mass is 10.3. The van der Waals surface area contributed by atoms with Gasteiger partial charge in [0.05, 0.1) is 6.54 Å². The van der Waals surface area contributed by atoms with E-state index in [1.54, 1.807) is 12.1 Å². The van der Waals surface area contributed by atoms with Crippen LogP contribution in [0.15, 0.2) is 30.3 Å². The van der Waals surface area contributed by atoms with Gasteiger partial charge in [-0.2, -0.15) is 0 Å². The molecule has 0 aliphatic carbocycles. The number of benzene rings is 1. The molecule has 3 heteroatoms. The Morgan fingerprint density at radius 1 is 1.38 bits per heavy atom. The Morgan fingerprint density at radius 3 is 2.69 bits per heavy atom. The summed E-state index contributed by atoms with van der Waals surface area (Å²) in [7, 11) is 0. The Labute approximate surface area is 76.9 Å². The molecule has 0 aromatic heterocycles. The van der Waals surface area contributed by atoms with E-state index in [1.807, 2.05) is 18.2 Å². The molecular formula is C10H10N2O. The van der Waals surface area contributed by atoms with Gasteiger partial charge in [-0.25, -0.2) is 0 Å². The third kappa shape index (κ3) is 3.41. The van der Waals surface area contributed by atoms with Crippen molar-refractivity contribution in [1.82, 2.24) is 0 Å². The summed E-state index contributed by atoms with van der Waals surface area (Å²) in [6.45, 7) is 0.197. The van der Waals surface area contributed by atoms with Crippen LogP contribution in [0, 0.1) is 11.8 Å². The third-order valence-electron chi connectivity index (χ3n) is 1.34. The van der Waals surface area contributed by atoms with Gasteiger partial charge in [-0.1, -0.05) is 24.1 Å². The molecule has 0 aliphatic heterocycles. The number of carbonyl (C=O) groups is 1. The topological polar surface area (TPSA) is 55.1 Å². The molecule has 1 aromatic rings. The summed E-state index contributed by atoms with van der Waals surface area (Å²) < 4.78 is 0. The number of anilines is 1. The number of carbonyl (C=O) groups excluding carboxylic acids is 1. The van der Waals surface area contributed by atoms with Gasteiger partial charge in [0.15, 0.2) is 0 Å². The molecule has 0 saturated heterocycles. The third-order valence-corrected chi connectivity index (χ3v) is 1.34. The Morgan fingerprint density at radius 2 is 2.08 bits per heavy atom. The number of nitrogens with one attached hydrogen (secondary N) is 1. The van der Waals surface area contributed by atoms with E-state index in [0.717, 1.165) is 5.69 Å². The molecule has 0 aliphatic rings. The van der Waals surface area contributed by atoms with E-state index in [-0.39, 0.29) is 12.5 Å². The van der Waals surface area contributed by atoms with Crippen molar-refractivity contribution in [2.45, 2.75) is 0 Å². The monoisotopic (exact) mass is 174 g/mol. The van der Waals surface area contributed by atoms with Gasteiger partial charge in [-0.15, -0.1) is 0 Å². The maximum atomic E-state index is 11.0. The van der Waals surface area contributed by atoms with Crippen molar-refractivity contribution < 1.29 is 4.79 Å². The molecule has 3 nitrogen and oxygen atoms in total. The molecule has 0 spiro atoms. The highest BCUT2D eigenvalue weighted by atomic mass is 16.1. The lowest BCUT2D eigenvalue weighted by Crippen LogP contribution is -2.08. The van der Waals surface area contributed by atoms with Crippen molar-refractivity contribution in [1.29, 1.82) is 0 Å². The highest BCUT2D eigenvalue weighted by molar-refractivity contribution is 6.03. The van der Waals surface area contributed by atoms with E-state index >= 15 is 0 Å². The van der Waals surface area contributed by atoms with E-state index in [1.165, 1.54) is 0 Å². The summed E-state index contributed by atoms with van der Waals surface area (Å²) in [5.41, 5.74) is 5.85. The molecule has 3 N–H and O–H groups in total. The number of hydrogen-bond donors (Lipinski definition) is 2. The Balaban J connectivity index is 2.55. The number of hydrogen-bond acceptors (Lipinski definition) is 2. The van der Waals surface area contributed by atoms with Crippen molar-refractivity contribution in [3.63, 3.8) is 0 Å². The van der Waals surface area contributed by atoms with Gasteiger partial charge in [0.25, 0.3) is 5.91 Å². The SMILES string of the molecule is NCC#CC(=O)Nc1ccccc1. The quantitative estimate of drug-likeness (QED) is 0.612. The van der Waals surface area contributed by atoms with Gasteiger partial charge in [0.2, 0.25) is 0 Å². The van der Waals surface area contributed by atoms with Crippen LogP contribution in [-0.4, -0.2) is 12.5 Å². The molecule has 0 saturated carbocycles. The molecule has 0 radical (unpaired) electrons. The van der Waals surface area contributed by atoms with Gasteiger partial charge in [0.1, 0.15) is 0 Å².